The fraction of sp³-hybridized carbons (Fsp3) is 0.167. The number of carbonyl (C=O) groups is 2. The standard InChI is InChI=1S/C24H23BrN2O3/c1-2-13-30-22-12-11-18(25)15-21(22)24(29)27-20-10-6-9-19(16-20)26-23(28)14-17-7-4-3-5-8-17/h3-12,15-16H,2,13-14H2,1H3,(H,26,28)(H,27,29). The number of nitrogens with one attached hydrogen (secondary N) is 2. The molecule has 0 heterocycles. The van der Waals surface area contributed by atoms with Crippen LogP contribution in [-0.2, 0) is 11.2 Å². The van der Waals surface area contributed by atoms with Crippen LogP contribution in [0.3, 0.4) is 0 Å². The lowest BCUT2D eigenvalue weighted by Gasteiger charge is -2.13. The largest absolute Gasteiger partial charge is 0.493 e. The van der Waals surface area contributed by atoms with E-state index in [-0.39, 0.29) is 18.2 Å². The molecule has 2 amide bonds. The van der Waals surface area contributed by atoms with Crippen LogP contribution in [0, 0.1) is 0 Å². The zero-order valence-electron chi connectivity index (χ0n) is 16.7. The zero-order chi connectivity index (χ0) is 21.3. The van der Waals surface area contributed by atoms with Crippen molar-refractivity contribution in [1.82, 2.24) is 0 Å². The van der Waals surface area contributed by atoms with Gasteiger partial charge in [0.15, 0.2) is 0 Å². The van der Waals surface area contributed by atoms with Gasteiger partial charge in [0.05, 0.1) is 18.6 Å². The highest BCUT2D eigenvalue weighted by Crippen LogP contribution is 2.25. The smallest absolute Gasteiger partial charge is 0.259 e. The summed E-state index contributed by atoms with van der Waals surface area (Å²) in [7, 11) is 0. The van der Waals surface area contributed by atoms with Crippen LogP contribution in [0.25, 0.3) is 0 Å². The fourth-order valence-electron chi connectivity index (χ4n) is 2.88. The maximum Gasteiger partial charge on any atom is 0.259 e. The highest BCUT2D eigenvalue weighted by atomic mass is 79.9. The molecule has 0 saturated heterocycles. The van der Waals surface area contributed by atoms with E-state index in [4.69, 9.17) is 4.74 Å². The molecule has 2 N–H and O–H groups in total. The van der Waals surface area contributed by atoms with Gasteiger partial charge in [-0.15, -0.1) is 0 Å². The van der Waals surface area contributed by atoms with Crippen molar-refractivity contribution in [3.05, 3.63) is 88.4 Å². The second kappa shape index (κ2) is 10.6. The van der Waals surface area contributed by atoms with Crippen LogP contribution in [0.5, 0.6) is 5.75 Å². The van der Waals surface area contributed by atoms with Crippen molar-refractivity contribution in [1.29, 1.82) is 0 Å². The molecule has 0 aliphatic carbocycles. The van der Waals surface area contributed by atoms with Crippen molar-refractivity contribution in [2.24, 2.45) is 0 Å². The third-order valence-corrected chi connectivity index (χ3v) is 4.75. The van der Waals surface area contributed by atoms with Crippen molar-refractivity contribution in [3.63, 3.8) is 0 Å². The highest BCUT2D eigenvalue weighted by Gasteiger charge is 2.14. The van der Waals surface area contributed by atoms with Gasteiger partial charge in [0, 0.05) is 15.8 Å². The third-order valence-electron chi connectivity index (χ3n) is 4.26. The van der Waals surface area contributed by atoms with Gasteiger partial charge in [-0.3, -0.25) is 9.59 Å². The minimum atomic E-state index is -0.282. The summed E-state index contributed by atoms with van der Waals surface area (Å²) in [4.78, 5) is 25.1. The average molecular weight is 467 g/mol. The van der Waals surface area contributed by atoms with Crippen molar-refractivity contribution < 1.29 is 14.3 Å². The third kappa shape index (κ3) is 6.19. The Bertz CT molecular complexity index is 1020. The Balaban J connectivity index is 1.68. The van der Waals surface area contributed by atoms with E-state index in [1.165, 1.54) is 0 Å². The monoisotopic (exact) mass is 466 g/mol. The van der Waals surface area contributed by atoms with E-state index in [0.717, 1.165) is 16.5 Å². The first kappa shape index (κ1) is 21.6. The number of halogens is 1. The van der Waals surface area contributed by atoms with Crippen LogP contribution in [-0.4, -0.2) is 18.4 Å². The van der Waals surface area contributed by atoms with Gasteiger partial charge in [0.1, 0.15) is 5.75 Å². The van der Waals surface area contributed by atoms with Crippen LogP contribution in [0.15, 0.2) is 77.3 Å². The highest BCUT2D eigenvalue weighted by molar-refractivity contribution is 9.10. The molecule has 0 aliphatic rings. The lowest BCUT2D eigenvalue weighted by atomic mass is 10.1. The van der Waals surface area contributed by atoms with Gasteiger partial charge in [0.2, 0.25) is 5.91 Å². The first-order valence-corrected chi connectivity index (χ1v) is 10.5. The Labute approximate surface area is 184 Å². The number of benzene rings is 3. The van der Waals surface area contributed by atoms with Crippen molar-refractivity contribution in [3.8, 4) is 5.75 Å². The van der Waals surface area contributed by atoms with E-state index in [0.29, 0.717) is 29.3 Å². The van der Waals surface area contributed by atoms with Gasteiger partial charge in [-0.25, -0.2) is 0 Å². The summed E-state index contributed by atoms with van der Waals surface area (Å²) in [6.45, 7) is 2.54. The molecule has 0 saturated carbocycles. The van der Waals surface area contributed by atoms with Gasteiger partial charge in [0.25, 0.3) is 5.91 Å². The lowest BCUT2D eigenvalue weighted by molar-refractivity contribution is -0.115. The van der Waals surface area contributed by atoms with E-state index >= 15 is 0 Å². The predicted molar refractivity (Wildman–Crippen MR) is 123 cm³/mol. The summed E-state index contributed by atoms with van der Waals surface area (Å²) in [5, 5.41) is 5.74. The average Bonchev–Trinajstić information content (AvgIpc) is 2.73. The van der Waals surface area contributed by atoms with Gasteiger partial charge in [-0.05, 0) is 48.4 Å². The van der Waals surface area contributed by atoms with Gasteiger partial charge >= 0.3 is 0 Å². The van der Waals surface area contributed by atoms with Crippen molar-refractivity contribution in [2.75, 3.05) is 17.2 Å². The first-order chi connectivity index (χ1) is 14.5. The SMILES string of the molecule is CCCOc1ccc(Br)cc1C(=O)Nc1cccc(NC(=O)Cc2ccccc2)c1. The van der Waals surface area contributed by atoms with E-state index in [9.17, 15) is 9.59 Å². The van der Waals surface area contributed by atoms with Crippen LogP contribution in [0.1, 0.15) is 29.3 Å². The lowest BCUT2D eigenvalue weighted by Crippen LogP contribution is -2.16. The van der Waals surface area contributed by atoms with E-state index < -0.39 is 0 Å². The van der Waals surface area contributed by atoms with Gasteiger partial charge in [-0.2, -0.15) is 0 Å². The number of anilines is 2. The second-order valence-corrected chi connectivity index (χ2v) is 7.65. The zero-order valence-corrected chi connectivity index (χ0v) is 18.2. The molecular formula is C24H23BrN2O3. The molecule has 0 aliphatic heterocycles. The molecule has 30 heavy (non-hydrogen) atoms. The van der Waals surface area contributed by atoms with Crippen LogP contribution in [0.4, 0.5) is 11.4 Å². The molecule has 3 aromatic rings. The van der Waals surface area contributed by atoms with Gasteiger partial charge < -0.3 is 15.4 Å². The number of rotatable bonds is 8. The number of carbonyl (C=O) groups excluding carboxylic acids is 2. The Morgan fingerprint density at radius 3 is 2.37 bits per heavy atom. The molecular weight excluding hydrogens is 444 g/mol. The summed E-state index contributed by atoms with van der Waals surface area (Å²) in [5.74, 6) is 0.131. The first-order valence-electron chi connectivity index (χ1n) is 9.72. The Morgan fingerprint density at radius 1 is 0.900 bits per heavy atom. The molecule has 0 aromatic heterocycles. The summed E-state index contributed by atoms with van der Waals surface area (Å²) in [5.41, 5.74) is 2.58. The molecule has 0 fully saturated rings. The minimum Gasteiger partial charge on any atom is -0.493 e. The van der Waals surface area contributed by atoms with Gasteiger partial charge in [-0.1, -0.05) is 59.3 Å². The summed E-state index contributed by atoms with van der Waals surface area (Å²) < 4.78 is 6.48. The molecule has 6 heteroatoms. The number of ether oxygens (including phenoxy) is 1. The minimum absolute atomic E-state index is 0.119. The molecule has 3 rings (SSSR count). The second-order valence-electron chi connectivity index (χ2n) is 6.73. The number of hydrogen-bond donors (Lipinski definition) is 2. The van der Waals surface area contributed by atoms with Crippen molar-refractivity contribution >= 4 is 39.1 Å². The maximum atomic E-state index is 12.8. The Morgan fingerprint density at radius 2 is 1.63 bits per heavy atom. The maximum absolute atomic E-state index is 12.8. The van der Waals surface area contributed by atoms with E-state index in [1.807, 2.05) is 43.3 Å². The molecule has 0 atom stereocenters. The summed E-state index contributed by atoms with van der Waals surface area (Å²) >= 11 is 3.40. The normalized spacial score (nSPS) is 10.3. The molecule has 0 bridgehead atoms. The molecule has 3 aromatic carbocycles. The number of hydrogen-bond acceptors (Lipinski definition) is 3. The predicted octanol–water partition coefficient (Wildman–Crippen LogP) is 5.67. The quantitative estimate of drug-likeness (QED) is 0.449. The van der Waals surface area contributed by atoms with Crippen LogP contribution < -0.4 is 15.4 Å². The summed E-state index contributed by atoms with van der Waals surface area (Å²) in [6, 6.07) is 21.9. The van der Waals surface area contributed by atoms with Crippen molar-refractivity contribution in [2.45, 2.75) is 19.8 Å². The molecule has 0 spiro atoms. The topological polar surface area (TPSA) is 67.4 Å². The molecule has 154 valence electrons. The Kier molecular flexibility index (Phi) is 7.63. The van der Waals surface area contributed by atoms with E-state index in [2.05, 4.69) is 26.6 Å². The molecule has 0 unspecified atom stereocenters. The van der Waals surface area contributed by atoms with Crippen LogP contribution in [0.2, 0.25) is 0 Å². The molecule has 0 radical (unpaired) electrons. The van der Waals surface area contributed by atoms with E-state index in [1.54, 1.807) is 36.4 Å². The fourth-order valence-corrected chi connectivity index (χ4v) is 3.24. The Hall–Kier alpha value is -3.12. The molecule has 5 nitrogen and oxygen atoms in total. The summed E-state index contributed by atoms with van der Waals surface area (Å²) in [6.07, 6.45) is 1.13. The van der Waals surface area contributed by atoms with Crippen LogP contribution >= 0.6 is 15.9 Å². The number of amides is 2.